The summed E-state index contributed by atoms with van der Waals surface area (Å²) in [6.07, 6.45) is -25.7. The molecule has 1 aromatic rings. The number of rotatable bonds is 15. The van der Waals surface area contributed by atoms with Crippen LogP contribution < -0.4 is 0 Å². The molecule has 320 valence electrons. The van der Waals surface area contributed by atoms with Crippen LogP contribution in [-0.4, -0.2) is 222 Å². The zero-order valence-electron chi connectivity index (χ0n) is 30.8. The smallest absolute Gasteiger partial charge is 0.321 e. The molecule has 0 saturated carbocycles. The Morgan fingerprint density at radius 3 is 1.93 bits per heavy atom. The first kappa shape index (κ1) is 44.9. The maximum atomic E-state index is 12.4. The van der Waals surface area contributed by atoms with Gasteiger partial charge in [0.05, 0.1) is 45.2 Å². The SMILES string of the molecule is CC(C)C1OC(COC2OC(CO)C(O)C(OC3CN([C@@H](Cc4ccc(O)cc4)C(=O)O)CC(CO)O3)C2O)C(O)C(OC2OC(CO)C(O)C(O)C2O)C1O. The molecule has 1 aromatic carbocycles. The van der Waals surface area contributed by atoms with Gasteiger partial charge >= 0.3 is 5.97 Å². The molecule has 0 spiro atoms. The third kappa shape index (κ3) is 10.1. The van der Waals surface area contributed by atoms with Crippen LogP contribution in [-0.2, 0) is 44.4 Å². The standard InChI is InChI=1S/C35H55NO20/c1-14(2)30-28(46)31(56-35-27(45)26(44)23(41)19(11-38)54-35)25(43)21(52-30)13-50-34-29(47)32(24(42)20(12-39)53-34)55-22-9-36(8-17(10-37)51-22)18(33(48)49)7-15-3-5-16(40)6-4-15/h3-6,14,17-32,34-35,37-47H,7-13H2,1-2H3,(H,48,49)/t17?,18-,19?,20?,21?,22?,23?,24?,25?,26?,27?,28?,29?,30?,31?,32?,34?,35?/m0/s1. The molecule has 0 bridgehead atoms. The highest BCUT2D eigenvalue weighted by atomic mass is 16.7. The summed E-state index contributed by atoms with van der Waals surface area (Å²) < 4.78 is 40.4. The lowest BCUT2D eigenvalue weighted by Gasteiger charge is -2.48. The average Bonchev–Trinajstić information content (AvgIpc) is 3.17. The molecule has 4 fully saturated rings. The van der Waals surface area contributed by atoms with Gasteiger partial charge in [0.25, 0.3) is 0 Å². The summed E-state index contributed by atoms with van der Waals surface area (Å²) in [5.41, 5.74) is 0.605. The number of benzene rings is 1. The summed E-state index contributed by atoms with van der Waals surface area (Å²) >= 11 is 0. The van der Waals surface area contributed by atoms with E-state index in [2.05, 4.69) is 0 Å². The molecule has 0 aliphatic carbocycles. The molecule has 18 atom stereocenters. The van der Waals surface area contributed by atoms with Crippen molar-refractivity contribution in [2.75, 3.05) is 39.5 Å². The Kier molecular flexibility index (Phi) is 15.8. The number of aliphatic carboxylic acids is 1. The van der Waals surface area contributed by atoms with Crippen molar-refractivity contribution in [1.29, 1.82) is 0 Å². The number of phenols is 1. The van der Waals surface area contributed by atoms with Gasteiger partial charge in [0, 0.05) is 6.54 Å². The predicted octanol–water partition coefficient (Wildman–Crippen LogP) is -5.42. The highest BCUT2D eigenvalue weighted by Gasteiger charge is 2.53. The van der Waals surface area contributed by atoms with Crippen LogP contribution in [0.4, 0.5) is 0 Å². The van der Waals surface area contributed by atoms with Gasteiger partial charge in [-0.3, -0.25) is 9.69 Å². The van der Waals surface area contributed by atoms with Crippen molar-refractivity contribution in [2.45, 2.75) is 131 Å². The van der Waals surface area contributed by atoms with Gasteiger partial charge in [-0.15, -0.1) is 0 Å². The van der Waals surface area contributed by atoms with E-state index in [0.717, 1.165) is 0 Å². The number of carboxylic acid groups (broad SMARTS) is 1. The Bertz CT molecular complexity index is 1370. The lowest BCUT2D eigenvalue weighted by molar-refractivity contribution is -0.354. The van der Waals surface area contributed by atoms with E-state index in [4.69, 9.17) is 33.2 Å². The zero-order valence-corrected chi connectivity index (χ0v) is 30.8. The van der Waals surface area contributed by atoms with E-state index >= 15 is 0 Å². The average molecular weight is 810 g/mol. The van der Waals surface area contributed by atoms with Gasteiger partial charge in [0.15, 0.2) is 18.9 Å². The molecule has 12 N–H and O–H groups in total. The molecule has 0 aromatic heterocycles. The molecule has 0 radical (unpaired) electrons. The normalized spacial score (nSPS) is 41.8. The van der Waals surface area contributed by atoms with E-state index in [1.54, 1.807) is 26.0 Å². The van der Waals surface area contributed by atoms with Crippen molar-refractivity contribution in [3.8, 4) is 5.75 Å². The van der Waals surface area contributed by atoms with Crippen LogP contribution in [0.5, 0.6) is 5.75 Å². The number of hydrogen-bond acceptors (Lipinski definition) is 20. The molecule has 4 aliphatic rings. The van der Waals surface area contributed by atoms with E-state index in [9.17, 15) is 66.1 Å². The van der Waals surface area contributed by atoms with Gasteiger partial charge in [0.1, 0.15) is 85.0 Å². The van der Waals surface area contributed by atoms with Gasteiger partial charge < -0.3 is 94.4 Å². The van der Waals surface area contributed by atoms with Crippen molar-refractivity contribution < 1.29 is 99.2 Å². The minimum atomic E-state index is -1.84. The maximum absolute atomic E-state index is 12.4. The van der Waals surface area contributed by atoms with Crippen LogP contribution in [0.15, 0.2) is 24.3 Å². The highest BCUT2D eigenvalue weighted by molar-refractivity contribution is 5.74. The van der Waals surface area contributed by atoms with Gasteiger partial charge in [-0.1, -0.05) is 26.0 Å². The van der Waals surface area contributed by atoms with E-state index < -0.39 is 143 Å². The molecule has 4 heterocycles. The largest absolute Gasteiger partial charge is 0.508 e. The van der Waals surface area contributed by atoms with Crippen LogP contribution in [0.25, 0.3) is 0 Å². The second-order valence-electron chi connectivity index (χ2n) is 14.9. The van der Waals surface area contributed by atoms with E-state index in [-0.39, 0.29) is 31.2 Å². The van der Waals surface area contributed by atoms with Gasteiger partial charge in [-0.2, -0.15) is 0 Å². The Morgan fingerprint density at radius 1 is 0.714 bits per heavy atom. The lowest BCUT2D eigenvalue weighted by Crippen LogP contribution is -2.66. The Morgan fingerprint density at radius 2 is 1.32 bits per heavy atom. The molecule has 4 aliphatic heterocycles. The number of phenolic OH excluding ortho intramolecular Hbond substituents is 1. The van der Waals surface area contributed by atoms with Crippen molar-refractivity contribution in [3.05, 3.63) is 29.8 Å². The van der Waals surface area contributed by atoms with Gasteiger partial charge in [-0.05, 0) is 30.0 Å². The number of aromatic hydroxyl groups is 1. The fraction of sp³-hybridized carbons (Fsp3) is 0.800. The second kappa shape index (κ2) is 19.7. The zero-order chi connectivity index (χ0) is 41.0. The number of morpholine rings is 1. The molecule has 17 unspecified atom stereocenters. The van der Waals surface area contributed by atoms with E-state index in [0.29, 0.717) is 5.56 Å². The summed E-state index contributed by atoms with van der Waals surface area (Å²) in [5, 5.41) is 125. The van der Waals surface area contributed by atoms with Crippen LogP contribution in [0.1, 0.15) is 19.4 Å². The molecule has 0 amide bonds. The highest BCUT2D eigenvalue weighted by Crippen LogP contribution is 2.33. The summed E-state index contributed by atoms with van der Waals surface area (Å²) in [6, 6.07) is 4.86. The number of ether oxygens (including phenoxy) is 7. The molecular formula is C35H55NO20. The van der Waals surface area contributed by atoms with Crippen molar-refractivity contribution in [3.63, 3.8) is 0 Å². The fourth-order valence-electron chi connectivity index (χ4n) is 7.35. The summed E-state index contributed by atoms with van der Waals surface area (Å²) in [7, 11) is 0. The van der Waals surface area contributed by atoms with Crippen molar-refractivity contribution >= 4 is 5.97 Å². The van der Waals surface area contributed by atoms with Crippen LogP contribution in [0.3, 0.4) is 0 Å². The topological polar surface area (TPSA) is 328 Å². The van der Waals surface area contributed by atoms with Crippen molar-refractivity contribution in [2.24, 2.45) is 5.92 Å². The third-order valence-corrected chi connectivity index (χ3v) is 10.5. The number of nitrogens with zero attached hydrogens (tertiary/aromatic N) is 1. The first-order chi connectivity index (χ1) is 26.6. The number of aliphatic hydroxyl groups is 10. The first-order valence-corrected chi connectivity index (χ1v) is 18.5. The quantitative estimate of drug-likeness (QED) is 0.0787. The Labute approximate surface area is 321 Å². The molecule has 4 saturated heterocycles. The molecule has 56 heavy (non-hydrogen) atoms. The van der Waals surface area contributed by atoms with Crippen LogP contribution >= 0.6 is 0 Å². The third-order valence-electron chi connectivity index (χ3n) is 10.5. The van der Waals surface area contributed by atoms with Gasteiger partial charge in [0.2, 0.25) is 0 Å². The summed E-state index contributed by atoms with van der Waals surface area (Å²) in [5.74, 6) is -1.57. The van der Waals surface area contributed by atoms with E-state index in [1.165, 1.54) is 17.0 Å². The molecule has 5 rings (SSSR count). The predicted molar refractivity (Wildman–Crippen MR) is 183 cm³/mol. The number of carboxylic acids is 1. The second-order valence-corrected chi connectivity index (χ2v) is 14.9. The number of aliphatic hydroxyl groups excluding tert-OH is 10. The number of hydrogen-bond donors (Lipinski definition) is 12. The Balaban J connectivity index is 1.28. The van der Waals surface area contributed by atoms with Crippen molar-refractivity contribution in [1.82, 2.24) is 4.90 Å². The minimum Gasteiger partial charge on any atom is -0.508 e. The molecule has 21 nitrogen and oxygen atoms in total. The lowest BCUT2D eigenvalue weighted by atomic mass is 9.89. The number of carbonyl (C=O) groups is 1. The maximum Gasteiger partial charge on any atom is 0.321 e. The summed E-state index contributed by atoms with van der Waals surface area (Å²) in [4.78, 5) is 13.9. The van der Waals surface area contributed by atoms with Gasteiger partial charge in [-0.25, -0.2) is 0 Å². The van der Waals surface area contributed by atoms with E-state index in [1.807, 2.05) is 0 Å². The fourth-order valence-corrected chi connectivity index (χ4v) is 7.35. The Hall–Kier alpha value is -2.23. The summed E-state index contributed by atoms with van der Waals surface area (Å²) in [6.45, 7) is 0.635. The molecule has 21 heteroatoms. The van der Waals surface area contributed by atoms with Crippen LogP contribution in [0, 0.1) is 5.92 Å². The monoisotopic (exact) mass is 809 g/mol. The molecular weight excluding hydrogens is 754 g/mol. The first-order valence-electron chi connectivity index (χ1n) is 18.5. The minimum absolute atomic E-state index is 0.00360. The van der Waals surface area contributed by atoms with Crippen LogP contribution in [0.2, 0.25) is 0 Å².